The molecular formula is C8H18ClN3. The molecule has 1 saturated heterocycles. The maximum Gasteiger partial charge on any atom is 0.0281 e. The quantitative estimate of drug-likeness (QED) is 0.617. The van der Waals surface area contributed by atoms with Crippen LogP contribution < -0.4 is 0 Å². The first-order chi connectivity index (χ1) is 5.77. The Morgan fingerprint density at radius 3 is 2.00 bits per heavy atom. The Bertz CT molecular complexity index is 119. The van der Waals surface area contributed by atoms with Crippen LogP contribution in [0.5, 0.6) is 0 Å². The standard InChI is InChI=1S/C8H18ClN3/c1-3-11(4-2)12-7-5-10(9)6-8-12/h3-8H2,1-2H3. The average molecular weight is 192 g/mol. The lowest BCUT2D eigenvalue weighted by molar-refractivity contribution is -0.0375. The van der Waals surface area contributed by atoms with E-state index in [0.717, 1.165) is 39.3 Å². The van der Waals surface area contributed by atoms with Gasteiger partial charge in [0.15, 0.2) is 0 Å². The van der Waals surface area contributed by atoms with Crippen LogP contribution in [0.3, 0.4) is 0 Å². The second-order valence-electron chi connectivity index (χ2n) is 3.00. The summed E-state index contributed by atoms with van der Waals surface area (Å²) in [6.07, 6.45) is 0. The third-order valence-corrected chi connectivity index (χ3v) is 2.67. The first kappa shape index (κ1) is 10.3. The van der Waals surface area contributed by atoms with Gasteiger partial charge in [0.25, 0.3) is 0 Å². The highest BCUT2D eigenvalue weighted by molar-refractivity contribution is 6.13. The van der Waals surface area contributed by atoms with E-state index >= 15 is 0 Å². The molecule has 1 aliphatic rings. The van der Waals surface area contributed by atoms with E-state index in [2.05, 4.69) is 23.9 Å². The van der Waals surface area contributed by atoms with Crippen molar-refractivity contribution in [3.05, 3.63) is 0 Å². The second kappa shape index (κ2) is 5.02. The molecule has 0 radical (unpaired) electrons. The summed E-state index contributed by atoms with van der Waals surface area (Å²) >= 11 is 5.86. The second-order valence-corrected chi connectivity index (χ2v) is 3.48. The number of piperazine rings is 1. The molecule has 0 spiro atoms. The van der Waals surface area contributed by atoms with Crippen molar-refractivity contribution in [2.45, 2.75) is 13.8 Å². The third kappa shape index (κ3) is 2.59. The molecule has 0 N–H and O–H groups in total. The fraction of sp³-hybridized carbons (Fsp3) is 1.00. The maximum atomic E-state index is 5.86. The van der Waals surface area contributed by atoms with Gasteiger partial charge in [0.05, 0.1) is 0 Å². The van der Waals surface area contributed by atoms with Crippen molar-refractivity contribution in [2.75, 3.05) is 39.3 Å². The highest BCUT2D eigenvalue weighted by Gasteiger charge is 2.18. The average Bonchev–Trinajstić information content (AvgIpc) is 2.10. The van der Waals surface area contributed by atoms with Gasteiger partial charge < -0.3 is 0 Å². The van der Waals surface area contributed by atoms with Gasteiger partial charge in [-0.05, 0) is 11.8 Å². The molecule has 1 heterocycles. The zero-order chi connectivity index (χ0) is 8.97. The summed E-state index contributed by atoms with van der Waals surface area (Å²) in [6.45, 7) is 10.6. The van der Waals surface area contributed by atoms with Gasteiger partial charge >= 0.3 is 0 Å². The summed E-state index contributed by atoms with van der Waals surface area (Å²) < 4.78 is 1.86. The first-order valence-electron chi connectivity index (χ1n) is 4.68. The van der Waals surface area contributed by atoms with Gasteiger partial charge in [-0.1, -0.05) is 13.8 Å². The van der Waals surface area contributed by atoms with Crippen LogP contribution in [0.4, 0.5) is 0 Å². The molecule has 0 saturated carbocycles. The van der Waals surface area contributed by atoms with Crippen LogP contribution in [0.25, 0.3) is 0 Å². The van der Waals surface area contributed by atoms with Crippen molar-refractivity contribution >= 4 is 11.8 Å². The van der Waals surface area contributed by atoms with Crippen LogP contribution in [0.15, 0.2) is 0 Å². The van der Waals surface area contributed by atoms with Gasteiger partial charge in [-0.25, -0.2) is 14.4 Å². The van der Waals surface area contributed by atoms with Gasteiger partial charge in [0.1, 0.15) is 0 Å². The molecule has 0 aliphatic carbocycles. The Labute approximate surface area is 80.0 Å². The van der Waals surface area contributed by atoms with Crippen molar-refractivity contribution in [1.29, 1.82) is 0 Å². The number of hydrazine groups is 1. The molecule has 0 bridgehead atoms. The number of halogens is 1. The van der Waals surface area contributed by atoms with Crippen LogP contribution in [0.2, 0.25) is 0 Å². The topological polar surface area (TPSA) is 9.72 Å². The van der Waals surface area contributed by atoms with Crippen molar-refractivity contribution in [1.82, 2.24) is 14.4 Å². The zero-order valence-corrected chi connectivity index (χ0v) is 8.72. The van der Waals surface area contributed by atoms with E-state index < -0.39 is 0 Å². The van der Waals surface area contributed by atoms with E-state index in [1.165, 1.54) is 0 Å². The molecular weight excluding hydrogens is 174 g/mol. The van der Waals surface area contributed by atoms with Crippen molar-refractivity contribution in [3.8, 4) is 0 Å². The molecule has 1 aliphatic heterocycles. The zero-order valence-electron chi connectivity index (χ0n) is 7.96. The van der Waals surface area contributed by atoms with E-state index in [9.17, 15) is 0 Å². The SMILES string of the molecule is CCN(CC)N1CCN(Cl)CC1. The highest BCUT2D eigenvalue weighted by atomic mass is 35.5. The minimum atomic E-state index is 0.970. The number of hydrogen-bond acceptors (Lipinski definition) is 3. The summed E-state index contributed by atoms with van der Waals surface area (Å²) in [5.74, 6) is 0. The predicted octanol–water partition coefficient (Wildman–Crippen LogP) is 1.01. The minimum absolute atomic E-state index is 0.970. The molecule has 0 aromatic rings. The molecule has 3 nitrogen and oxygen atoms in total. The van der Waals surface area contributed by atoms with E-state index in [0.29, 0.717) is 0 Å². The smallest absolute Gasteiger partial charge is 0.0281 e. The fourth-order valence-electron chi connectivity index (χ4n) is 1.58. The summed E-state index contributed by atoms with van der Waals surface area (Å²) in [5.41, 5.74) is 0. The molecule has 0 atom stereocenters. The third-order valence-electron chi connectivity index (χ3n) is 2.33. The molecule has 0 aromatic heterocycles. The van der Waals surface area contributed by atoms with Crippen LogP contribution in [-0.2, 0) is 0 Å². The summed E-state index contributed by atoms with van der Waals surface area (Å²) in [5, 5.41) is 4.75. The monoisotopic (exact) mass is 191 g/mol. The molecule has 12 heavy (non-hydrogen) atoms. The van der Waals surface area contributed by atoms with Crippen LogP contribution in [-0.4, -0.2) is 53.7 Å². The van der Waals surface area contributed by atoms with Gasteiger partial charge in [0.2, 0.25) is 0 Å². The molecule has 4 heteroatoms. The summed E-state index contributed by atoms with van der Waals surface area (Å²) in [7, 11) is 0. The van der Waals surface area contributed by atoms with Gasteiger partial charge in [-0.2, -0.15) is 0 Å². The normalized spacial score (nSPS) is 22.0. The van der Waals surface area contributed by atoms with E-state index in [-0.39, 0.29) is 0 Å². The number of rotatable bonds is 3. The van der Waals surface area contributed by atoms with Gasteiger partial charge in [0, 0.05) is 39.3 Å². The molecule has 0 unspecified atom stereocenters. The minimum Gasteiger partial charge on any atom is -0.242 e. The fourth-order valence-corrected chi connectivity index (χ4v) is 1.73. The van der Waals surface area contributed by atoms with E-state index in [1.54, 1.807) is 0 Å². The Hall–Kier alpha value is 0.170. The molecule has 1 rings (SSSR count). The van der Waals surface area contributed by atoms with Gasteiger partial charge in [-0.15, -0.1) is 0 Å². The lowest BCUT2D eigenvalue weighted by Crippen LogP contribution is -2.51. The van der Waals surface area contributed by atoms with E-state index in [4.69, 9.17) is 11.8 Å². The molecule has 1 fully saturated rings. The Morgan fingerprint density at radius 2 is 1.58 bits per heavy atom. The maximum absolute atomic E-state index is 5.86. The lowest BCUT2D eigenvalue weighted by atomic mass is 10.4. The Kier molecular flexibility index (Phi) is 4.29. The van der Waals surface area contributed by atoms with Gasteiger partial charge in [-0.3, -0.25) is 0 Å². The molecule has 0 amide bonds. The number of nitrogens with zero attached hydrogens (tertiary/aromatic N) is 3. The van der Waals surface area contributed by atoms with Crippen LogP contribution >= 0.6 is 11.8 Å². The largest absolute Gasteiger partial charge is 0.242 e. The number of hydrogen-bond donors (Lipinski definition) is 0. The lowest BCUT2D eigenvalue weighted by Gasteiger charge is -2.38. The van der Waals surface area contributed by atoms with E-state index in [1.807, 2.05) is 4.42 Å². The van der Waals surface area contributed by atoms with Crippen molar-refractivity contribution < 1.29 is 0 Å². The van der Waals surface area contributed by atoms with Crippen molar-refractivity contribution in [2.24, 2.45) is 0 Å². The predicted molar refractivity (Wildman–Crippen MR) is 51.9 cm³/mol. The summed E-state index contributed by atoms with van der Waals surface area (Å²) in [6, 6.07) is 0. The first-order valence-corrected chi connectivity index (χ1v) is 5.02. The van der Waals surface area contributed by atoms with Crippen molar-refractivity contribution in [3.63, 3.8) is 0 Å². The summed E-state index contributed by atoms with van der Waals surface area (Å²) in [4.78, 5) is 0. The van der Waals surface area contributed by atoms with Crippen LogP contribution in [0.1, 0.15) is 13.8 Å². The Morgan fingerprint density at radius 1 is 1.08 bits per heavy atom. The van der Waals surface area contributed by atoms with Crippen LogP contribution in [0, 0.1) is 0 Å². The Balaban J connectivity index is 2.32. The molecule has 0 aromatic carbocycles. The molecule has 72 valence electrons. The highest BCUT2D eigenvalue weighted by Crippen LogP contribution is 2.06.